The third-order valence-corrected chi connectivity index (χ3v) is 4.15. The number of benzene rings is 2. The second-order valence-electron chi connectivity index (χ2n) is 5.73. The highest BCUT2D eigenvalue weighted by atomic mass is 19.1. The molecule has 1 aliphatic rings. The van der Waals surface area contributed by atoms with Crippen molar-refractivity contribution in [3.63, 3.8) is 0 Å². The predicted octanol–water partition coefficient (Wildman–Crippen LogP) is 2.39. The number of ether oxygens (including phenoxy) is 2. The first kappa shape index (κ1) is 17.2. The molecule has 7 heteroatoms. The zero-order chi connectivity index (χ0) is 17.8. The highest BCUT2D eigenvalue weighted by Crippen LogP contribution is 2.33. The number of carbonyl (C=O) groups is 1. The molecule has 1 amide bonds. The number of nitrogens with one attached hydrogen (secondary N) is 3. The Morgan fingerprint density at radius 1 is 1.12 bits per heavy atom. The van der Waals surface area contributed by atoms with Crippen LogP contribution in [0.3, 0.4) is 0 Å². The van der Waals surface area contributed by atoms with Crippen molar-refractivity contribution >= 4 is 11.6 Å². The van der Waals surface area contributed by atoms with Crippen molar-refractivity contribution in [2.75, 3.05) is 19.5 Å². The second kappa shape index (κ2) is 7.50. The molecule has 1 saturated heterocycles. The molecule has 1 aliphatic heterocycles. The average Bonchev–Trinajstić information content (AvgIpc) is 3.13. The zero-order valence-electron chi connectivity index (χ0n) is 14.0. The molecule has 0 saturated carbocycles. The van der Waals surface area contributed by atoms with Crippen molar-refractivity contribution in [3.05, 3.63) is 53.8 Å². The number of anilines is 1. The fourth-order valence-electron chi connectivity index (χ4n) is 2.80. The minimum absolute atomic E-state index is 0.0789. The van der Waals surface area contributed by atoms with Gasteiger partial charge < -0.3 is 14.8 Å². The Hall–Kier alpha value is -2.64. The van der Waals surface area contributed by atoms with Crippen molar-refractivity contribution in [2.45, 2.75) is 18.5 Å². The van der Waals surface area contributed by atoms with Gasteiger partial charge in [-0.3, -0.25) is 4.79 Å². The fourth-order valence-corrected chi connectivity index (χ4v) is 2.80. The number of rotatable bonds is 5. The molecule has 0 aliphatic carbocycles. The van der Waals surface area contributed by atoms with Gasteiger partial charge in [-0.15, -0.1) is 0 Å². The molecule has 2 aromatic rings. The molecule has 25 heavy (non-hydrogen) atoms. The van der Waals surface area contributed by atoms with Crippen molar-refractivity contribution in [1.29, 1.82) is 0 Å². The van der Waals surface area contributed by atoms with Crippen LogP contribution in [0.2, 0.25) is 0 Å². The van der Waals surface area contributed by atoms with Crippen LogP contribution in [0.1, 0.15) is 18.0 Å². The molecule has 6 nitrogen and oxygen atoms in total. The zero-order valence-corrected chi connectivity index (χ0v) is 14.0. The maximum absolute atomic E-state index is 12.9. The number of carbonyl (C=O) groups excluding carboxylic acids is 1. The van der Waals surface area contributed by atoms with Crippen LogP contribution in [0, 0.1) is 5.82 Å². The van der Waals surface area contributed by atoms with Gasteiger partial charge in [0.25, 0.3) is 0 Å². The molecule has 1 fully saturated rings. The van der Waals surface area contributed by atoms with Crippen molar-refractivity contribution in [1.82, 2.24) is 10.9 Å². The van der Waals surface area contributed by atoms with E-state index >= 15 is 0 Å². The molecule has 0 radical (unpaired) electrons. The summed E-state index contributed by atoms with van der Waals surface area (Å²) >= 11 is 0. The fraction of sp³-hybridized carbons (Fsp3) is 0.278. The quantitative estimate of drug-likeness (QED) is 0.776. The Balaban J connectivity index is 1.67. The summed E-state index contributed by atoms with van der Waals surface area (Å²) in [4.78, 5) is 12.4. The first-order valence-corrected chi connectivity index (χ1v) is 7.90. The van der Waals surface area contributed by atoms with Crippen molar-refractivity contribution in [3.8, 4) is 11.5 Å². The first-order valence-electron chi connectivity index (χ1n) is 7.90. The Labute approximate surface area is 145 Å². The van der Waals surface area contributed by atoms with E-state index < -0.39 is 6.04 Å². The molecule has 3 N–H and O–H groups in total. The van der Waals surface area contributed by atoms with Gasteiger partial charge >= 0.3 is 0 Å². The lowest BCUT2D eigenvalue weighted by molar-refractivity contribution is -0.117. The number of hydrogen-bond donors (Lipinski definition) is 3. The van der Waals surface area contributed by atoms with Gasteiger partial charge in [0.05, 0.1) is 20.3 Å². The lowest BCUT2D eigenvalue weighted by Crippen LogP contribution is -2.39. The van der Waals surface area contributed by atoms with Crippen LogP contribution in [0.4, 0.5) is 10.1 Å². The minimum Gasteiger partial charge on any atom is -0.497 e. The van der Waals surface area contributed by atoms with Crippen molar-refractivity contribution in [2.24, 2.45) is 0 Å². The van der Waals surface area contributed by atoms with E-state index in [4.69, 9.17) is 9.47 Å². The highest BCUT2D eigenvalue weighted by molar-refractivity contribution is 5.95. The lowest BCUT2D eigenvalue weighted by atomic mass is 10.0. The predicted molar refractivity (Wildman–Crippen MR) is 92.0 cm³/mol. The summed E-state index contributed by atoms with van der Waals surface area (Å²) in [6, 6.07) is 10.7. The minimum atomic E-state index is -0.415. The van der Waals surface area contributed by atoms with Crippen LogP contribution < -0.4 is 25.6 Å². The van der Waals surface area contributed by atoms with Gasteiger partial charge in [-0.1, -0.05) is 6.07 Å². The van der Waals surface area contributed by atoms with E-state index in [2.05, 4.69) is 16.2 Å². The first-order chi connectivity index (χ1) is 12.1. The molecule has 2 unspecified atom stereocenters. The summed E-state index contributed by atoms with van der Waals surface area (Å²) in [5.74, 6) is 0.870. The molecule has 0 bridgehead atoms. The SMILES string of the molecule is COc1ccc(C2CC(C(=O)Nc3ccc(F)cc3)NN2)c(OC)c1. The summed E-state index contributed by atoms with van der Waals surface area (Å²) in [6.45, 7) is 0. The molecule has 132 valence electrons. The average molecular weight is 345 g/mol. The van der Waals surface area contributed by atoms with E-state index in [9.17, 15) is 9.18 Å². The summed E-state index contributed by atoms with van der Waals surface area (Å²) in [6.07, 6.45) is 0.551. The standard InChI is InChI=1S/C18H20FN3O3/c1-24-13-7-8-14(17(9-13)25-2)15-10-16(22-21-15)18(23)20-12-5-3-11(19)4-6-12/h3-9,15-16,21-22H,10H2,1-2H3,(H,20,23). The lowest BCUT2D eigenvalue weighted by Gasteiger charge is -2.15. The molecule has 1 heterocycles. The molecule has 3 rings (SSSR count). The number of hydrogen-bond acceptors (Lipinski definition) is 5. The number of amides is 1. The van der Waals surface area contributed by atoms with E-state index in [1.165, 1.54) is 24.3 Å². The third kappa shape index (κ3) is 3.89. The summed E-state index contributed by atoms with van der Waals surface area (Å²) in [5.41, 5.74) is 7.61. The molecule has 0 spiro atoms. The summed E-state index contributed by atoms with van der Waals surface area (Å²) < 4.78 is 23.6. The van der Waals surface area contributed by atoms with E-state index in [1.54, 1.807) is 14.2 Å². The van der Waals surface area contributed by atoms with Crippen LogP contribution in [0.15, 0.2) is 42.5 Å². The van der Waals surface area contributed by atoms with E-state index in [0.717, 1.165) is 5.56 Å². The van der Waals surface area contributed by atoms with Gasteiger partial charge in [0, 0.05) is 17.3 Å². The summed E-state index contributed by atoms with van der Waals surface area (Å²) in [5, 5.41) is 2.77. The molecular weight excluding hydrogens is 325 g/mol. The van der Waals surface area contributed by atoms with Crippen LogP contribution in [-0.2, 0) is 4.79 Å². The van der Waals surface area contributed by atoms with Gasteiger partial charge in [0.1, 0.15) is 23.4 Å². The Kier molecular flexibility index (Phi) is 5.16. The molecule has 2 atom stereocenters. The molecular formula is C18H20FN3O3. The molecule has 0 aromatic heterocycles. The van der Waals surface area contributed by atoms with Crippen molar-refractivity contribution < 1.29 is 18.7 Å². The Morgan fingerprint density at radius 3 is 2.56 bits per heavy atom. The molecule has 2 aromatic carbocycles. The topological polar surface area (TPSA) is 71.6 Å². The van der Waals surface area contributed by atoms with Crippen LogP contribution in [0.25, 0.3) is 0 Å². The van der Waals surface area contributed by atoms with Crippen LogP contribution >= 0.6 is 0 Å². The number of halogens is 1. The second-order valence-corrected chi connectivity index (χ2v) is 5.73. The van der Waals surface area contributed by atoms with E-state index in [-0.39, 0.29) is 17.8 Å². The van der Waals surface area contributed by atoms with Crippen LogP contribution in [-0.4, -0.2) is 26.2 Å². The maximum Gasteiger partial charge on any atom is 0.242 e. The largest absolute Gasteiger partial charge is 0.497 e. The maximum atomic E-state index is 12.9. The normalized spacial score (nSPS) is 19.5. The monoisotopic (exact) mass is 345 g/mol. The highest BCUT2D eigenvalue weighted by Gasteiger charge is 2.31. The van der Waals surface area contributed by atoms with Gasteiger partial charge in [-0.25, -0.2) is 15.2 Å². The van der Waals surface area contributed by atoms with Gasteiger partial charge in [-0.05, 0) is 36.8 Å². The number of hydrazine groups is 1. The van der Waals surface area contributed by atoms with E-state index in [1.807, 2.05) is 18.2 Å². The van der Waals surface area contributed by atoms with Crippen LogP contribution in [0.5, 0.6) is 11.5 Å². The van der Waals surface area contributed by atoms with Gasteiger partial charge in [-0.2, -0.15) is 0 Å². The number of methoxy groups -OCH3 is 2. The smallest absolute Gasteiger partial charge is 0.242 e. The Morgan fingerprint density at radius 2 is 1.88 bits per heavy atom. The van der Waals surface area contributed by atoms with Gasteiger partial charge in [0.2, 0.25) is 5.91 Å². The van der Waals surface area contributed by atoms with E-state index in [0.29, 0.717) is 23.6 Å². The Bertz CT molecular complexity index is 752. The third-order valence-electron chi connectivity index (χ3n) is 4.15. The van der Waals surface area contributed by atoms with Gasteiger partial charge in [0.15, 0.2) is 0 Å². The summed E-state index contributed by atoms with van der Waals surface area (Å²) in [7, 11) is 3.19.